The summed E-state index contributed by atoms with van der Waals surface area (Å²) in [7, 11) is 0. The maximum absolute atomic E-state index is 13.0. The number of rotatable bonds is 6. The number of likely N-dealkylation sites (tertiary alicyclic amines) is 1. The highest BCUT2D eigenvalue weighted by molar-refractivity contribution is 6.02. The first-order chi connectivity index (χ1) is 14.5. The standard InChI is InChI=1S/C23H25N5O2/c1-16-2-5-19(6-3-16)28-23(24)20(14-26-28)22(30)18-10-13-27(15-18)21(29)7-4-17-8-11-25-12-9-17/h2-3,5-6,8-9,11-12,14,18H,4,7,10,13,15,24H2,1H3/t18-/m0/s1. The van der Waals surface area contributed by atoms with Crippen molar-refractivity contribution in [1.29, 1.82) is 0 Å². The Bertz CT molecular complexity index is 1040. The lowest BCUT2D eigenvalue weighted by Crippen LogP contribution is -2.30. The minimum atomic E-state index is -0.243. The number of nitrogens with two attached hydrogens (primary N) is 1. The van der Waals surface area contributed by atoms with Crippen LogP contribution in [-0.2, 0) is 11.2 Å². The normalized spacial score (nSPS) is 16.0. The van der Waals surface area contributed by atoms with Gasteiger partial charge in [-0.05, 0) is 49.6 Å². The molecular formula is C23H25N5O2. The summed E-state index contributed by atoms with van der Waals surface area (Å²) in [6, 6.07) is 11.6. The second-order valence-electron chi connectivity index (χ2n) is 7.74. The molecule has 0 radical (unpaired) electrons. The summed E-state index contributed by atoms with van der Waals surface area (Å²) in [6.07, 6.45) is 6.74. The zero-order chi connectivity index (χ0) is 21.1. The highest BCUT2D eigenvalue weighted by Crippen LogP contribution is 2.26. The molecular weight excluding hydrogens is 378 g/mol. The minimum absolute atomic E-state index is 0.0460. The van der Waals surface area contributed by atoms with Gasteiger partial charge in [-0.1, -0.05) is 17.7 Å². The summed E-state index contributed by atoms with van der Waals surface area (Å²) in [5.41, 5.74) is 9.71. The third kappa shape index (κ3) is 4.10. The first-order valence-electron chi connectivity index (χ1n) is 10.1. The van der Waals surface area contributed by atoms with E-state index in [4.69, 9.17) is 5.73 Å². The Morgan fingerprint density at radius 1 is 1.13 bits per heavy atom. The van der Waals surface area contributed by atoms with E-state index >= 15 is 0 Å². The van der Waals surface area contributed by atoms with Gasteiger partial charge < -0.3 is 10.6 Å². The number of carbonyl (C=O) groups is 2. The fourth-order valence-corrected chi connectivity index (χ4v) is 3.82. The maximum Gasteiger partial charge on any atom is 0.222 e. The van der Waals surface area contributed by atoms with Gasteiger partial charge in [0, 0.05) is 37.8 Å². The van der Waals surface area contributed by atoms with Gasteiger partial charge in [-0.2, -0.15) is 5.10 Å². The van der Waals surface area contributed by atoms with Crippen LogP contribution in [0.4, 0.5) is 5.82 Å². The summed E-state index contributed by atoms with van der Waals surface area (Å²) < 4.78 is 1.58. The van der Waals surface area contributed by atoms with Crippen molar-refractivity contribution in [2.45, 2.75) is 26.2 Å². The minimum Gasteiger partial charge on any atom is -0.383 e. The number of benzene rings is 1. The molecule has 1 amide bonds. The number of nitrogens with zero attached hydrogens (tertiary/aromatic N) is 4. The van der Waals surface area contributed by atoms with E-state index in [2.05, 4.69) is 10.1 Å². The van der Waals surface area contributed by atoms with E-state index in [-0.39, 0.29) is 17.6 Å². The molecule has 1 aromatic carbocycles. The number of carbonyl (C=O) groups excluding carboxylic acids is 2. The Morgan fingerprint density at radius 2 is 1.87 bits per heavy atom. The number of hydrogen-bond donors (Lipinski definition) is 1. The van der Waals surface area contributed by atoms with Gasteiger partial charge in [0.25, 0.3) is 0 Å². The number of aromatic nitrogens is 3. The van der Waals surface area contributed by atoms with E-state index in [9.17, 15) is 9.59 Å². The van der Waals surface area contributed by atoms with Crippen molar-refractivity contribution in [2.75, 3.05) is 18.8 Å². The highest BCUT2D eigenvalue weighted by Gasteiger charge is 2.33. The van der Waals surface area contributed by atoms with Crippen LogP contribution in [0.2, 0.25) is 0 Å². The molecule has 0 aliphatic carbocycles. The summed E-state index contributed by atoms with van der Waals surface area (Å²) >= 11 is 0. The maximum atomic E-state index is 13.0. The van der Waals surface area contributed by atoms with Crippen LogP contribution in [0.5, 0.6) is 0 Å². The fourth-order valence-electron chi connectivity index (χ4n) is 3.82. The van der Waals surface area contributed by atoms with Crippen molar-refractivity contribution in [3.63, 3.8) is 0 Å². The van der Waals surface area contributed by atoms with E-state index in [0.29, 0.717) is 43.7 Å². The van der Waals surface area contributed by atoms with Gasteiger partial charge in [-0.25, -0.2) is 4.68 Å². The van der Waals surface area contributed by atoms with Crippen LogP contribution in [0.25, 0.3) is 5.69 Å². The molecule has 2 aromatic heterocycles. The molecule has 1 saturated heterocycles. The SMILES string of the molecule is Cc1ccc(-n2ncc(C(=O)[C@H]3CCN(C(=O)CCc4ccncc4)C3)c2N)cc1. The van der Waals surface area contributed by atoms with E-state index in [1.54, 1.807) is 22.0 Å². The number of ketones is 1. The Labute approximate surface area is 175 Å². The lowest BCUT2D eigenvalue weighted by molar-refractivity contribution is -0.130. The van der Waals surface area contributed by atoms with Crippen LogP contribution in [0, 0.1) is 12.8 Å². The Balaban J connectivity index is 1.39. The van der Waals surface area contributed by atoms with Gasteiger partial charge in [0.1, 0.15) is 5.82 Å². The fraction of sp³-hybridized carbons (Fsp3) is 0.304. The Kier molecular flexibility index (Phi) is 5.61. The largest absolute Gasteiger partial charge is 0.383 e. The van der Waals surface area contributed by atoms with E-state index < -0.39 is 0 Å². The number of hydrogen-bond acceptors (Lipinski definition) is 5. The van der Waals surface area contributed by atoms with Crippen LogP contribution in [0.1, 0.15) is 34.3 Å². The third-order valence-corrected chi connectivity index (χ3v) is 5.64. The van der Waals surface area contributed by atoms with Crippen molar-refractivity contribution < 1.29 is 9.59 Å². The summed E-state index contributed by atoms with van der Waals surface area (Å²) in [5.74, 6) is 0.125. The third-order valence-electron chi connectivity index (χ3n) is 5.64. The van der Waals surface area contributed by atoms with Crippen LogP contribution < -0.4 is 5.73 Å². The molecule has 2 N–H and O–H groups in total. The molecule has 4 rings (SSSR count). The van der Waals surface area contributed by atoms with Gasteiger partial charge in [-0.15, -0.1) is 0 Å². The molecule has 7 nitrogen and oxygen atoms in total. The number of pyridine rings is 1. The van der Waals surface area contributed by atoms with Gasteiger partial charge >= 0.3 is 0 Å². The van der Waals surface area contributed by atoms with Crippen LogP contribution in [-0.4, -0.2) is 44.4 Å². The van der Waals surface area contributed by atoms with Crippen molar-refractivity contribution in [3.8, 4) is 5.69 Å². The molecule has 3 aromatic rings. The molecule has 0 saturated carbocycles. The Hall–Kier alpha value is -3.48. The smallest absolute Gasteiger partial charge is 0.222 e. The lowest BCUT2D eigenvalue weighted by Gasteiger charge is -2.16. The molecule has 0 spiro atoms. The highest BCUT2D eigenvalue weighted by atomic mass is 16.2. The molecule has 1 aliphatic heterocycles. The predicted molar refractivity (Wildman–Crippen MR) is 114 cm³/mol. The van der Waals surface area contributed by atoms with Crippen molar-refractivity contribution in [2.24, 2.45) is 5.92 Å². The molecule has 154 valence electrons. The number of amides is 1. The second-order valence-corrected chi connectivity index (χ2v) is 7.74. The van der Waals surface area contributed by atoms with Crippen LogP contribution >= 0.6 is 0 Å². The van der Waals surface area contributed by atoms with Gasteiger partial charge in [0.05, 0.1) is 17.4 Å². The van der Waals surface area contributed by atoms with E-state index in [1.165, 1.54) is 6.20 Å². The topological polar surface area (TPSA) is 94.1 Å². The first kappa shape index (κ1) is 19.8. The summed E-state index contributed by atoms with van der Waals surface area (Å²) in [6.45, 7) is 3.04. The second kappa shape index (κ2) is 8.49. The van der Waals surface area contributed by atoms with E-state index in [0.717, 1.165) is 16.8 Å². The van der Waals surface area contributed by atoms with Gasteiger partial charge in [0.15, 0.2) is 5.78 Å². The van der Waals surface area contributed by atoms with Crippen molar-refractivity contribution >= 4 is 17.5 Å². The van der Waals surface area contributed by atoms with Crippen molar-refractivity contribution in [1.82, 2.24) is 19.7 Å². The molecule has 3 heterocycles. The molecule has 1 fully saturated rings. The predicted octanol–water partition coefficient (Wildman–Crippen LogP) is 2.82. The number of aryl methyl sites for hydroxylation is 2. The van der Waals surface area contributed by atoms with Crippen molar-refractivity contribution in [3.05, 3.63) is 71.7 Å². The number of anilines is 1. The quantitative estimate of drug-likeness (QED) is 0.639. The zero-order valence-electron chi connectivity index (χ0n) is 17.0. The van der Waals surface area contributed by atoms with Gasteiger partial charge in [-0.3, -0.25) is 14.6 Å². The Morgan fingerprint density at radius 3 is 2.60 bits per heavy atom. The summed E-state index contributed by atoms with van der Waals surface area (Å²) in [5, 5.41) is 4.31. The molecule has 1 aliphatic rings. The zero-order valence-corrected chi connectivity index (χ0v) is 17.0. The molecule has 0 bridgehead atoms. The molecule has 30 heavy (non-hydrogen) atoms. The van der Waals surface area contributed by atoms with Gasteiger partial charge in [0.2, 0.25) is 5.91 Å². The average molecular weight is 403 g/mol. The average Bonchev–Trinajstić information content (AvgIpc) is 3.40. The molecule has 7 heteroatoms. The summed E-state index contributed by atoms with van der Waals surface area (Å²) in [4.78, 5) is 31.4. The monoisotopic (exact) mass is 403 g/mol. The number of nitrogen functional groups attached to an aromatic ring is 1. The number of Topliss-reactive ketones (excluding diaryl/α,β-unsaturated/α-hetero) is 1. The molecule has 1 atom stereocenters. The van der Waals surface area contributed by atoms with Crippen LogP contribution in [0.15, 0.2) is 55.0 Å². The lowest BCUT2D eigenvalue weighted by atomic mass is 9.98. The first-order valence-corrected chi connectivity index (χ1v) is 10.1. The van der Waals surface area contributed by atoms with Crippen LogP contribution in [0.3, 0.4) is 0 Å². The molecule has 0 unspecified atom stereocenters. The van der Waals surface area contributed by atoms with E-state index in [1.807, 2.05) is 43.3 Å².